The number of non-ortho nitro benzene ring substituents is 1. The topological polar surface area (TPSA) is 107 Å². The lowest BCUT2D eigenvalue weighted by molar-refractivity contribution is -0.385. The quantitative estimate of drug-likeness (QED) is 0.619. The summed E-state index contributed by atoms with van der Waals surface area (Å²) in [5.74, 6) is -1.40. The fourth-order valence-electron chi connectivity index (χ4n) is 2.43. The molecule has 0 radical (unpaired) electrons. The van der Waals surface area contributed by atoms with Crippen LogP contribution >= 0.6 is 0 Å². The van der Waals surface area contributed by atoms with E-state index in [1.54, 1.807) is 12.1 Å². The molecule has 0 aliphatic carbocycles. The first-order valence-electron chi connectivity index (χ1n) is 7.01. The predicted octanol–water partition coefficient (Wildman–Crippen LogP) is 2.72. The maximum atomic E-state index is 12.6. The minimum atomic E-state index is -0.999. The monoisotopic (exact) mass is 329 g/mol. The molecule has 0 saturated heterocycles. The van der Waals surface area contributed by atoms with Crippen molar-refractivity contribution < 1.29 is 14.6 Å². The second-order valence-corrected chi connectivity index (χ2v) is 5.33. The number of hydrogen-bond acceptors (Lipinski definition) is 5. The van der Waals surface area contributed by atoms with Crippen LogP contribution in [0.1, 0.15) is 17.0 Å². The molecule has 0 fully saturated rings. The highest BCUT2D eigenvalue weighted by Gasteiger charge is 2.31. The van der Waals surface area contributed by atoms with Crippen LogP contribution in [0, 0.1) is 20.2 Å². The average molecular weight is 329 g/mol. The first kappa shape index (κ1) is 17.1. The van der Waals surface area contributed by atoms with Crippen LogP contribution in [-0.4, -0.2) is 34.7 Å². The SMILES string of the molecule is CN(C)C(=O)C(c1cccc([N+](=O)[O-])c1)c1ccccc1[N+](=O)[O-]. The number of hydrogen-bond donors (Lipinski definition) is 0. The smallest absolute Gasteiger partial charge is 0.273 e. The van der Waals surface area contributed by atoms with E-state index < -0.39 is 21.7 Å². The third-order valence-corrected chi connectivity index (χ3v) is 3.55. The van der Waals surface area contributed by atoms with Gasteiger partial charge in [0.15, 0.2) is 0 Å². The van der Waals surface area contributed by atoms with Crippen LogP contribution in [0.15, 0.2) is 48.5 Å². The molecule has 0 saturated carbocycles. The number of para-hydroxylation sites is 1. The van der Waals surface area contributed by atoms with E-state index in [0.717, 1.165) is 0 Å². The van der Waals surface area contributed by atoms with Crippen LogP contribution in [0.3, 0.4) is 0 Å². The van der Waals surface area contributed by atoms with Gasteiger partial charge in [0.2, 0.25) is 5.91 Å². The summed E-state index contributed by atoms with van der Waals surface area (Å²) in [6, 6.07) is 11.5. The fraction of sp³-hybridized carbons (Fsp3) is 0.188. The summed E-state index contributed by atoms with van der Waals surface area (Å²) in [6.07, 6.45) is 0. The molecule has 0 N–H and O–H groups in total. The molecule has 0 spiro atoms. The highest BCUT2D eigenvalue weighted by Crippen LogP contribution is 2.34. The molecular formula is C16H15N3O5. The van der Waals surface area contributed by atoms with Gasteiger partial charge in [0.05, 0.1) is 15.8 Å². The van der Waals surface area contributed by atoms with E-state index >= 15 is 0 Å². The summed E-state index contributed by atoms with van der Waals surface area (Å²) in [7, 11) is 3.06. The number of nitro benzene ring substituents is 2. The number of nitro groups is 2. The van der Waals surface area contributed by atoms with Crippen LogP contribution in [0.2, 0.25) is 0 Å². The largest absolute Gasteiger partial charge is 0.348 e. The molecule has 0 aliphatic rings. The van der Waals surface area contributed by atoms with Crippen molar-refractivity contribution in [1.29, 1.82) is 0 Å². The van der Waals surface area contributed by atoms with E-state index in [0.29, 0.717) is 5.56 Å². The van der Waals surface area contributed by atoms with Crippen molar-refractivity contribution in [1.82, 2.24) is 4.90 Å². The zero-order chi connectivity index (χ0) is 17.9. The van der Waals surface area contributed by atoms with Crippen molar-refractivity contribution in [3.63, 3.8) is 0 Å². The van der Waals surface area contributed by atoms with Crippen molar-refractivity contribution in [2.24, 2.45) is 0 Å². The molecule has 0 aliphatic heterocycles. The highest BCUT2D eigenvalue weighted by molar-refractivity contribution is 5.88. The van der Waals surface area contributed by atoms with Crippen LogP contribution in [0.25, 0.3) is 0 Å². The molecule has 2 aromatic rings. The number of carbonyl (C=O) groups excluding carboxylic acids is 1. The van der Waals surface area contributed by atoms with Gasteiger partial charge in [-0.1, -0.05) is 30.3 Å². The Morgan fingerprint density at radius 1 is 1.00 bits per heavy atom. The Morgan fingerprint density at radius 2 is 1.67 bits per heavy atom. The van der Waals surface area contributed by atoms with Crippen LogP contribution in [0.4, 0.5) is 11.4 Å². The van der Waals surface area contributed by atoms with Gasteiger partial charge >= 0.3 is 0 Å². The van der Waals surface area contributed by atoms with Crippen molar-refractivity contribution in [2.45, 2.75) is 5.92 Å². The molecule has 1 amide bonds. The number of rotatable bonds is 5. The van der Waals surface area contributed by atoms with Gasteiger partial charge in [-0.2, -0.15) is 0 Å². The Labute approximate surface area is 137 Å². The van der Waals surface area contributed by atoms with Gasteiger partial charge in [0, 0.05) is 37.9 Å². The minimum absolute atomic E-state index is 0.178. The first-order chi connectivity index (χ1) is 11.3. The summed E-state index contributed by atoms with van der Waals surface area (Å²) in [6.45, 7) is 0. The van der Waals surface area contributed by atoms with Gasteiger partial charge in [0.25, 0.3) is 11.4 Å². The molecule has 2 rings (SSSR count). The van der Waals surface area contributed by atoms with E-state index in [9.17, 15) is 25.0 Å². The summed E-state index contributed by atoms with van der Waals surface area (Å²) in [5.41, 5.74) is 0.144. The van der Waals surface area contributed by atoms with Crippen LogP contribution in [-0.2, 0) is 4.79 Å². The lowest BCUT2D eigenvalue weighted by Gasteiger charge is -2.21. The lowest BCUT2D eigenvalue weighted by atomic mass is 9.88. The number of nitrogens with zero attached hydrogens (tertiary/aromatic N) is 3. The number of benzene rings is 2. The molecule has 24 heavy (non-hydrogen) atoms. The zero-order valence-corrected chi connectivity index (χ0v) is 13.1. The van der Waals surface area contributed by atoms with Gasteiger partial charge in [-0.3, -0.25) is 25.0 Å². The third-order valence-electron chi connectivity index (χ3n) is 3.55. The van der Waals surface area contributed by atoms with Crippen molar-refractivity contribution >= 4 is 17.3 Å². The van der Waals surface area contributed by atoms with Crippen molar-refractivity contribution in [3.8, 4) is 0 Å². The third kappa shape index (κ3) is 3.37. The Bertz CT molecular complexity index is 804. The first-order valence-corrected chi connectivity index (χ1v) is 7.01. The van der Waals surface area contributed by atoms with E-state index in [1.165, 1.54) is 55.4 Å². The van der Waals surface area contributed by atoms with E-state index in [-0.39, 0.29) is 16.9 Å². The number of carbonyl (C=O) groups is 1. The molecule has 1 atom stereocenters. The molecule has 0 aromatic heterocycles. The van der Waals surface area contributed by atoms with Crippen LogP contribution in [0.5, 0.6) is 0 Å². The van der Waals surface area contributed by atoms with Gasteiger partial charge in [-0.25, -0.2) is 0 Å². The molecular weight excluding hydrogens is 314 g/mol. The normalized spacial score (nSPS) is 11.6. The Kier molecular flexibility index (Phi) is 4.88. The highest BCUT2D eigenvalue weighted by atomic mass is 16.6. The Hall–Kier alpha value is -3.29. The second-order valence-electron chi connectivity index (χ2n) is 5.33. The van der Waals surface area contributed by atoms with Gasteiger partial charge in [0.1, 0.15) is 0 Å². The van der Waals surface area contributed by atoms with Crippen LogP contribution < -0.4 is 0 Å². The van der Waals surface area contributed by atoms with Crippen molar-refractivity contribution in [2.75, 3.05) is 14.1 Å². The number of amides is 1. The lowest BCUT2D eigenvalue weighted by Crippen LogP contribution is -2.29. The molecule has 8 heteroatoms. The maximum absolute atomic E-state index is 12.6. The number of likely N-dealkylation sites (N-methyl/N-ethyl adjacent to an activating group) is 1. The average Bonchev–Trinajstić information content (AvgIpc) is 2.55. The molecule has 124 valence electrons. The summed E-state index contributed by atoms with van der Waals surface area (Å²) < 4.78 is 0. The van der Waals surface area contributed by atoms with Gasteiger partial charge in [-0.05, 0) is 5.56 Å². The Morgan fingerprint density at radius 3 is 2.25 bits per heavy atom. The predicted molar refractivity (Wildman–Crippen MR) is 86.7 cm³/mol. The van der Waals surface area contributed by atoms with Crippen molar-refractivity contribution in [3.05, 3.63) is 79.9 Å². The summed E-state index contributed by atoms with van der Waals surface area (Å²) >= 11 is 0. The fourth-order valence-corrected chi connectivity index (χ4v) is 2.43. The zero-order valence-electron chi connectivity index (χ0n) is 13.1. The minimum Gasteiger partial charge on any atom is -0.348 e. The molecule has 0 bridgehead atoms. The second kappa shape index (κ2) is 6.86. The molecule has 0 heterocycles. The summed E-state index contributed by atoms with van der Waals surface area (Å²) in [4.78, 5) is 35.1. The Balaban J connectivity index is 2.67. The van der Waals surface area contributed by atoms with E-state index in [2.05, 4.69) is 0 Å². The summed E-state index contributed by atoms with van der Waals surface area (Å²) in [5, 5.41) is 22.3. The van der Waals surface area contributed by atoms with E-state index in [4.69, 9.17) is 0 Å². The molecule has 1 unspecified atom stereocenters. The molecule has 8 nitrogen and oxygen atoms in total. The van der Waals surface area contributed by atoms with Gasteiger partial charge < -0.3 is 4.90 Å². The van der Waals surface area contributed by atoms with E-state index in [1.807, 2.05) is 0 Å². The molecule has 2 aromatic carbocycles. The van der Waals surface area contributed by atoms with Gasteiger partial charge in [-0.15, -0.1) is 0 Å². The maximum Gasteiger partial charge on any atom is 0.273 e. The standard InChI is InChI=1S/C16H15N3O5/c1-17(2)16(20)15(11-6-5-7-12(10-11)18(21)22)13-8-3-4-9-14(13)19(23)24/h3-10,15H,1-2H3.